The average Bonchev–Trinajstić information content (AvgIpc) is 3.37. The van der Waals surface area contributed by atoms with Crippen LogP contribution in [0.4, 0.5) is 0 Å². The molecule has 0 aliphatic carbocycles. The second kappa shape index (κ2) is 8.14. The summed E-state index contributed by atoms with van der Waals surface area (Å²) < 4.78 is 10.3. The highest BCUT2D eigenvalue weighted by Crippen LogP contribution is 2.23. The molecule has 0 radical (unpaired) electrons. The van der Waals surface area contributed by atoms with Gasteiger partial charge in [0.1, 0.15) is 10.8 Å². The third-order valence-electron chi connectivity index (χ3n) is 4.17. The molecule has 3 heterocycles. The van der Waals surface area contributed by atoms with E-state index in [1.54, 1.807) is 24.4 Å². The Morgan fingerprint density at radius 3 is 3.00 bits per heavy atom. The van der Waals surface area contributed by atoms with Gasteiger partial charge < -0.3 is 14.1 Å². The van der Waals surface area contributed by atoms with Gasteiger partial charge in [-0.05, 0) is 19.1 Å². The number of thiazole rings is 1. The number of rotatable bonds is 7. The van der Waals surface area contributed by atoms with Crippen LogP contribution in [0.2, 0.25) is 0 Å². The van der Waals surface area contributed by atoms with Gasteiger partial charge in [-0.3, -0.25) is 14.4 Å². The number of carbonyl (C=O) groups is 3. The molecule has 1 aliphatic heterocycles. The van der Waals surface area contributed by atoms with Gasteiger partial charge in [-0.1, -0.05) is 0 Å². The SMILES string of the molecule is Cc1csc([C@H](C#N)C(=O)COC(=O)[C@@H]2CC(=O)N(Cc3ccco3)C2)n1. The van der Waals surface area contributed by atoms with E-state index in [0.717, 1.165) is 5.69 Å². The van der Waals surface area contributed by atoms with Crippen LogP contribution in [0.3, 0.4) is 0 Å². The summed E-state index contributed by atoms with van der Waals surface area (Å²) in [4.78, 5) is 42.2. The highest BCUT2D eigenvalue weighted by molar-refractivity contribution is 7.09. The lowest BCUT2D eigenvalue weighted by molar-refractivity contribution is -0.152. The lowest BCUT2D eigenvalue weighted by Crippen LogP contribution is -2.27. The van der Waals surface area contributed by atoms with Gasteiger partial charge in [-0.2, -0.15) is 5.26 Å². The van der Waals surface area contributed by atoms with Crippen molar-refractivity contribution in [3.05, 3.63) is 40.2 Å². The smallest absolute Gasteiger partial charge is 0.311 e. The molecule has 1 amide bonds. The minimum absolute atomic E-state index is 0.0289. The maximum atomic E-state index is 12.2. The molecule has 1 aliphatic rings. The average molecular weight is 387 g/mol. The van der Waals surface area contributed by atoms with Crippen molar-refractivity contribution >= 4 is 29.0 Å². The van der Waals surface area contributed by atoms with E-state index in [-0.39, 0.29) is 25.4 Å². The molecule has 2 atom stereocenters. The largest absolute Gasteiger partial charge is 0.467 e. The van der Waals surface area contributed by atoms with Crippen molar-refractivity contribution < 1.29 is 23.5 Å². The molecular formula is C18H17N3O5S. The number of ether oxygens (including phenoxy) is 1. The number of Topliss-reactive ketones (excluding diaryl/α,β-unsaturated/α-hetero) is 1. The van der Waals surface area contributed by atoms with E-state index in [1.807, 2.05) is 6.07 Å². The zero-order valence-corrected chi connectivity index (χ0v) is 15.4. The monoisotopic (exact) mass is 387 g/mol. The Morgan fingerprint density at radius 1 is 1.56 bits per heavy atom. The Balaban J connectivity index is 1.52. The van der Waals surface area contributed by atoms with Crippen LogP contribution in [0.5, 0.6) is 0 Å². The minimum atomic E-state index is -1.06. The summed E-state index contributed by atoms with van der Waals surface area (Å²) in [6.07, 6.45) is 1.55. The summed E-state index contributed by atoms with van der Waals surface area (Å²) in [5.74, 6) is -2.39. The van der Waals surface area contributed by atoms with Gasteiger partial charge in [0.15, 0.2) is 18.3 Å². The number of aryl methyl sites for hydroxylation is 1. The molecule has 9 heteroatoms. The third kappa shape index (κ3) is 4.41. The van der Waals surface area contributed by atoms with Gasteiger partial charge in [0, 0.05) is 24.0 Å². The summed E-state index contributed by atoms with van der Waals surface area (Å²) in [5, 5.41) is 11.4. The van der Waals surface area contributed by atoms with E-state index in [1.165, 1.54) is 22.5 Å². The molecule has 2 aromatic heterocycles. The van der Waals surface area contributed by atoms with Gasteiger partial charge >= 0.3 is 5.97 Å². The Bertz CT molecular complexity index is 883. The molecule has 1 fully saturated rings. The molecule has 0 saturated carbocycles. The van der Waals surface area contributed by atoms with Gasteiger partial charge in [0.25, 0.3) is 0 Å². The Hall–Kier alpha value is -2.99. The quantitative estimate of drug-likeness (QED) is 0.666. The van der Waals surface area contributed by atoms with Crippen LogP contribution in [0.1, 0.15) is 28.8 Å². The zero-order valence-electron chi connectivity index (χ0n) is 14.6. The first-order chi connectivity index (χ1) is 13.0. The van der Waals surface area contributed by atoms with Crippen molar-refractivity contribution in [2.45, 2.75) is 25.8 Å². The third-order valence-corrected chi connectivity index (χ3v) is 5.19. The summed E-state index contributed by atoms with van der Waals surface area (Å²) in [5.41, 5.74) is 0.723. The van der Waals surface area contributed by atoms with Gasteiger partial charge in [-0.15, -0.1) is 11.3 Å². The lowest BCUT2D eigenvalue weighted by atomic mass is 10.1. The van der Waals surface area contributed by atoms with Crippen LogP contribution in [-0.2, 0) is 25.7 Å². The molecule has 1 saturated heterocycles. The summed E-state index contributed by atoms with van der Waals surface area (Å²) >= 11 is 1.22. The number of hydrogen-bond donors (Lipinski definition) is 0. The number of nitrogens with zero attached hydrogens (tertiary/aromatic N) is 3. The van der Waals surface area contributed by atoms with E-state index < -0.39 is 30.2 Å². The maximum Gasteiger partial charge on any atom is 0.311 e. The summed E-state index contributed by atoms with van der Waals surface area (Å²) in [6.45, 7) is 1.75. The normalized spacial score (nSPS) is 17.6. The Labute approximate surface area is 159 Å². The molecule has 140 valence electrons. The molecule has 2 aromatic rings. The first-order valence-electron chi connectivity index (χ1n) is 8.29. The molecule has 8 nitrogen and oxygen atoms in total. The predicted octanol–water partition coefficient (Wildman–Crippen LogP) is 1.81. The molecular weight excluding hydrogens is 370 g/mol. The molecule has 3 rings (SSSR count). The highest BCUT2D eigenvalue weighted by atomic mass is 32.1. The van der Waals surface area contributed by atoms with Crippen LogP contribution in [0.15, 0.2) is 28.2 Å². The van der Waals surface area contributed by atoms with Gasteiger partial charge in [0.2, 0.25) is 5.91 Å². The Kier molecular flexibility index (Phi) is 5.66. The van der Waals surface area contributed by atoms with Crippen molar-refractivity contribution in [2.75, 3.05) is 13.2 Å². The first-order valence-corrected chi connectivity index (χ1v) is 9.17. The van der Waals surface area contributed by atoms with Crippen LogP contribution in [-0.4, -0.2) is 40.7 Å². The van der Waals surface area contributed by atoms with Gasteiger partial charge in [0.05, 0.1) is 24.8 Å². The second-order valence-electron chi connectivity index (χ2n) is 6.22. The number of ketones is 1. The fourth-order valence-corrected chi connectivity index (χ4v) is 3.65. The topological polar surface area (TPSA) is 113 Å². The van der Waals surface area contributed by atoms with Crippen molar-refractivity contribution in [3.63, 3.8) is 0 Å². The first kappa shape index (κ1) is 18.8. The summed E-state index contributed by atoms with van der Waals surface area (Å²) in [6, 6.07) is 5.37. The molecule has 27 heavy (non-hydrogen) atoms. The fraction of sp³-hybridized carbons (Fsp3) is 0.389. The number of carbonyl (C=O) groups excluding carboxylic acids is 3. The van der Waals surface area contributed by atoms with E-state index in [2.05, 4.69) is 4.98 Å². The molecule has 0 spiro atoms. The molecule has 0 bridgehead atoms. The number of aromatic nitrogens is 1. The predicted molar refractivity (Wildman–Crippen MR) is 93.4 cm³/mol. The number of nitriles is 1. The van der Waals surface area contributed by atoms with E-state index in [0.29, 0.717) is 10.8 Å². The molecule has 0 unspecified atom stereocenters. The van der Waals surface area contributed by atoms with Gasteiger partial charge in [-0.25, -0.2) is 4.98 Å². The van der Waals surface area contributed by atoms with Crippen molar-refractivity contribution in [3.8, 4) is 6.07 Å². The fourth-order valence-electron chi connectivity index (χ4n) is 2.79. The number of likely N-dealkylation sites (tertiary alicyclic amines) is 1. The van der Waals surface area contributed by atoms with E-state index in [9.17, 15) is 19.6 Å². The van der Waals surface area contributed by atoms with Crippen molar-refractivity contribution in [2.24, 2.45) is 5.92 Å². The number of amides is 1. The molecule has 0 aromatic carbocycles. The van der Waals surface area contributed by atoms with E-state index >= 15 is 0 Å². The number of esters is 1. The minimum Gasteiger partial charge on any atom is -0.467 e. The van der Waals surface area contributed by atoms with Crippen molar-refractivity contribution in [1.82, 2.24) is 9.88 Å². The standard InChI is InChI=1S/C18H17N3O5S/c1-11-10-27-17(20-11)14(6-19)15(22)9-26-18(24)12-5-16(23)21(7-12)8-13-3-2-4-25-13/h2-4,10,12,14H,5,7-9H2,1H3/t12-,14-/m1/s1. The molecule has 0 N–H and O–H groups in total. The van der Waals surface area contributed by atoms with Crippen molar-refractivity contribution in [1.29, 1.82) is 5.26 Å². The van der Waals surface area contributed by atoms with Crippen LogP contribution < -0.4 is 0 Å². The van der Waals surface area contributed by atoms with E-state index in [4.69, 9.17) is 9.15 Å². The second-order valence-corrected chi connectivity index (χ2v) is 7.11. The number of furan rings is 1. The Morgan fingerprint density at radius 2 is 2.37 bits per heavy atom. The zero-order chi connectivity index (χ0) is 19.4. The maximum absolute atomic E-state index is 12.2. The number of hydrogen-bond acceptors (Lipinski definition) is 8. The lowest BCUT2D eigenvalue weighted by Gasteiger charge is -2.14. The van der Waals surface area contributed by atoms with Crippen LogP contribution in [0.25, 0.3) is 0 Å². The van der Waals surface area contributed by atoms with Crippen LogP contribution >= 0.6 is 11.3 Å². The highest BCUT2D eigenvalue weighted by Gasteiger charge is 2.36. The summed E-state index contributed by atoms with van der Waals surface area (Å²) in [7, 11) is 0. The van der Waals surface area contributed by atoms with Crippen LogP contribution in [0, 0.1) is 24.2 Å².